The molecule has 0 saturated heterocycles. The number of nitrogens with zero attached hydrogens (tertiary/aromatic N) is 2. The van der Waals surface area contributed by atoms with Crippen LogP contribution in [0.1, 0.15) is 20.7 Å². The Morgan fingerprint density at radius 2 is 1.68 bits per heavy atom. The van der Waals surface area contributed by atoms with Gasteiger partial charge in [-0.3, -0.25) is 14.6 Å². The highest BCUT2D eigenvalue weighted by atomic mass is 79.9. The van der Waals surface area contributed by atoms with Crippen LogP contribution in [0.15, 0.2) is 59.2 Å². The predicted molar refractivity (Wildman–Crippen MR) is 87.0 cm³/mol. The maximum absolute atomic E-state index is 12.7. The Bertz CT molecular complexity index is 947. The number of fused-ring (bicyclic) bond motifs is 2. The average molecular weight is 353 g/mol. The molecular weight excluding hydrogens is 344 g/mol. The van der Waals surface area contributed by atoms with Crippen LogP contribution in [0.4, 0.5) is 5.69 Å². The molecule has 4 rings (SSSR count). The Morgan fingerprint density at radius 1 is 0.909 bits per heavy atom. The van der Waals surface area contributed by atoms with E-state index in [1.165, 1.54) is 4.90 Å². The third-order valence-corrected chi connectivity index (χ3v) is 4.19. The van der Waals surface area contributed by atoms with Crippen LogP contribution in [0.2, 0.25) is 0 Å². The Balaban J connectivity index is 1.94. The van der Waals surface area contributed by atoms with Gasteiger partial charge in [-0.05, 0) is 30.3 Å². The molecule has 3 aromatic rings. The summed E-state index contributed by atoms with van der Waals surface area (Å²) in [6.07, 6.45) is 1.65. The Kier molecular flexibility index (Phi) is 2.84. The summed E-state index contributed by atoms with van der Waals surface area (Å²) < 4.78 is 0.769. The molecule has 1 aromatic heterocycles. The Morgan fingerprint density at radius 3 is 2.55 bits per heavy atom. The van der Waals surface area contributed by atoms with Crippen molar-refractivity contribution in [2.75, 3.05) is 4.90 Å². The quantitative estimate of drug-likeness (QED) is 0.626. The second kappa shape index (κ2) is 4.74. The fourth-order valence-electron chi connectivity index (χ4n) is 2.70. The highest BCUT2D eigenvalue weighted by Crippen LogP contribution is 2.33. The van der Waals surface area contributed by atoms with Crippen molar-refractivity contribution in [2.24, 2.45) is 0 Å². The van der Waals surface area contributed by atoms with Crippen molar-refractivity contribution >= 4 is 44.3 Å². The van der Waals surface area contributed by atoms with E-state index in [4.69, 9.17) is 0 Å². The molecule has 1 aliphatic rings. The fraction of sp³-hybridized carbons (Fsp3) is 0. The van der Waals surface area contributed by atoms with E-state index in [1.54, 1.807) is 30.5 Å². The standard InChI is InChI=1S/C17H9BrN2O2/c18-11-6-7-12-13(9-11)17(22)20(16(12)21)14-5-1-3-10-4-2-8-19-15(10)14/h1-9H. The fourth-order valence-corrected chi connectivity index (χ4v) is 3.06. The van der Waals surface area contributed by atoms with Gasteiger partial charge in [-0.1, -0.05) is 34.1 Å². The number of hydrogen-bond acceptors (Lipinski definition) is 3. The van der Waals surface area contributed by atoms with Crippen LogP contribution in [0, 0.1) is 0 Å². The molecule has 22 heavy (non-hydrogen) atoms. The van der Waals surface area contributed by atoms with Gasteiger partial charge in [0.05, 0.1) is 22.3 Å². The van der Waals surface area contributed by atoms with E-state index in [1.807, 2.05) is 24.3 Å². The maximum Gasteiger partial charge on any atom is 0.266 e. The van der Waals surface area contributed by atoms with E-state index < -0.39 is 0 Å². The number of pyridine rings is 1. The van der Waals surface area contributed by atoms with E-state index in [2.05, 4.69) is 20.9 Å². The summed E-state index contributed by atoms with van der Waals surface area (Å²) in [5.41, 5.74) is 1.98. The highest BCUT2D eigenvalue weighted by Gasteiger charge is 2.37. The van der Waals surface area contributed by atoms with Gasteiger partial charge in [0.15, 0.2) is 0 Å². The number of benzene rings is 2. The summed E-state index contributed by atoms with van der Waals surface area (Å²) in [6, 6.07) is 14.3. The minimum absolute atomic E-state index is 0.314. The largest absolute Gasteiger partial charge is 0.268 e. The topological polar surface area (TPSA) is 50.3 Å². The zero-order valence-corrected chi connectivity index (χ0v) is 12.9. The van der Waals surface area contributed by atoms with E-state index in [9.17, 15) is 9.59 Å². The molecule has 0 atom stereocenters. The van der Waals surface area contributed by atoms with Crippen LogP contribution in [0.25, 0.3) is 10.9 Å². The van der Waals surface area contributed by atoms with Crippen molar-refractivity contribution < 1.29 is 9.59 Å². The normalized spacial score (nSPS) is 13.8. The van der Waals surface area contributed by atoms with Gasteiger partial charge in [0.2, 0.25) is 0 Å². The predicted octanol–water partition coefficient (Wildman–Crippen LogP) is 3.80. The van der Waals surface area contributed by atoms with Crippen molar-refractivity contribution in [1.29, 1.82) is 0 Å². The molecule has 0 spiro atoms. The molecule has 2 amide bonds. The van der Waals surface area contributed by atoms with Crippen LogP contribution >= 0.6 is 15.9 Å². The number of anilines is 1. The van der Waals surface area contributed by atoms with Crippen molar-refractivity contribution in [1.82, 2.24) is 4.98 Å². The first-order valence-corrected chi connectivity index (χ1v) is 7.48. The van der Waals surface area contributed by atoms with Crippen molar-refractivity contribution in [2.45, 2.75) is 0 Å². The van der Waals surface area contributed by atoms with Crippen LogP contribution in [-0.2, 0) is 0 Å². The molecule has 0 fully saturated rings. The van der Waals surface area contributed by atoms with Gasteiger partial charge in [-0.15, -0.1) is 0 Å². The van der Waals surface area contributed by atoms with Crippen molar-refractivity contribution in [3.63, 3.8) is 0 Å². The van der Waals surface area contributed by atoms with Crippen LogP contribution in [0.3, 0.4) is 0 Å². The number of hydrogen-bond donors (Lipinski definition) is 0. The lowest BCUT2D eigenvalue weighted by molar-refractivity contribution is 0.0926. The van der Waals surface area contributed by atoms with E-state index in [0.717, 1.165) is 9.86 Å². The van der Waals surface area contributed by atoms with Crippen LogP contribution in [-0.4, -0.2) is 16.8 Å². The van der Waals surface area contributed by atoms with Crippen molar-refractivity contribution in [3.05, 3.63) is 70.3 Å². The number of aromatic nitrogens is 1. The molecule has 1 aliphatic heterocycles. The molecule has 5 heteroatoms. The van der Waals surface area contributed by atoms with Crippen LogP contribution < -0.4 is 4.90 Å². The number of amides is 2. The van der Waals surface area contributed by atoms with Gasteiger partial charge in [-0.2, -0.15) is 0 Å². The monoisotopic (exact) mass is 352 g/mol. The smallest absolute Gasteiger partial charge is 0.266 e. The minimum Gasteiger partial charge on any atom is -0.268 e. The molecular formula is C17H9BrN2O2. The number of carbonyl (C=O) groups excluding carboxylic acids is 2. The van der Waals surface area contributed by atoms with Gasteiger partial charge in [-0.25, -0.2) is 4.90 Å². The lowest BCUT2D eigenvalue weighted by Gasteiger charge is -2.15. The number of carbonyl (C=O) groups is 2. The summed E-state index contributed by atoms with van der Waals surface area (Å²) in [4.78, 5) is 30.8. The minimum atomic E-state index is -0.320. The zero-order chi connectivity index (χ0) is 15.3. The molecule has 2 heterocycles. The summed E-state index contributed by atoms with van der Waals surface area (Å²) in [5, 5.41) is 0.887. The SMILES string of the molecule is O=C1c2ccc(Br)cc2C(=O)N1c1cccc2cccnc12. The molecule has 0 saturated carbocycles. The molecule has 0 bridgehead atoms. The Hall–Kier alpha value is -2.53. The third kappa shape index (κ3) is 1.79. The van der Waals surface area contributed by atoms with Gasteiger partial charge in [0.25, 0.3) is 11.8 Å². The maximum atomic E-state index is 12.7. The number of para-hydroxylation sites is 1. The number of imide groups is 1. The molecule has 106 valence electrons. The van der Waals surface area contributed by atoms with Crippen LogP contribution in [0.5, 0.6) is 0 Å². The van der Waals surface area contributed by atoms with E-state index >= 15 is 0 Å². The van der Waals surface area contributed by atoms with Gasteiger partial charge < -0.3 is 0 Å². The van der Waals surface area contributed by atoms with Gasteiger partial charge >= 0.3 is 0 Å². The third-order valence-electron chi connectivity index (χ3n) is 3.70. The van der Waals surface area contributed by atoms with Crippen molar-refractivity contribution in [3.8, 4) is 0 Å². The first-order valence-electron chi connectivity index (χ1n) is 6.69. The van der Waals surface area contributed by atoms with E-state index in [0.29, 0.717) is 22.3 Å². The first kappa shape index (κ1) is 13.2. The number of halogens is 1. The first-order chi connectivity index (χ1) is 10.7. The molecule has 2 aromatic carbocycles. The molecule has 0 radical (unpaired) electrons. The second-order valence-corrected chi connectivity index (χ2v) is 5.90. The summed E-state index contributed by atoms with van der Waals surface area (Å²) in [6.45, 7) is 0. The zero-order valence-electron chi connectivity index (χ0n) is 11.3. The van der Waals surface area contributed by atoms with Gasteiger partial charge in [0, 0.05) is 16.1 Å². The lowest BCUT2D eigenvalue weighted by Crippen LogP contribution is -2.29. The van der Waals surface area contributed by atoms with Gasteiger partial charge in [0.1, 0.15) is 0 Å². The highest BCUT2D eigenvalue weighted by molar-refractivity contribution is 9.10. The summed E-state index contributed by atoms with van der Waals surface area (Å²) in [5.74, 6) is -0.634. The molecule has 0 unspecified atom stereocenters. The summed E-state index contributed by atoms with van der Waals surface area (Å²) >= 11 is 3.33. The van der Waals surface area contributed by atoms with E-state index in [-0.39, 0.29) is 11.8 Å². The lowest BCUT2D eigenvalue weighted by atomic mass is 10.1. The molecule has 0 aliphatic carbocycles. The summed E-state index contributed by atoms with van der Waals surface area (Å²) in [7, 11) is 0. The average Bonchev–Trinajstić information content (AvgIpc) is 2.78. The molecule has 0 N–H and O–H groups in total. The molecule has 4 nitrogen and oxygen atoms in total. The Labute approximate surface area is 134 Å². The second-order valence-electron chi connectivity index (χ2n) is 4.99. The number of rotatable bonds is 1.